The van der Waals surface area contributed by atoms with Gasteiger partial charge in [0.15, 0.2) is 0 Å². The van der Waals surface area contributed by atoms with E-state index in [1.54, 1.807) is 6.20 Å². The molecule has 7 heteroatoms. The Morgan fingerprint density at radius 3 is 2.54 bits per heavy atom. The van der Waals surface area contributed by atoms with Crippen molar-refractivity contribution in [3.8, 4) is 0 Å². The van der Waals surface area contributed by atoms with Gasteiger partial charge < -0.3 is 27.2 Å². The molecule has 0 aliphatic heterocycles. The summed E-state index contributed by atoms with van der Waals surface area (Å²) in [6, 6.07) is 22.2. The van der Waals surface area contributed by atoms with Crippen molar-refractivity contribution < 1.29 is 9.90 Å². The van der Waals surface area contributed by atoms with Crippen molar-refractivity contribution in [3.63, 3.8) is 0 Å². The zero-order valence-corrected chi connectivity index (χ0v) is 19.7. The number of aliphatic hydroxyl groups excluding tert-OH is 1. The summed E-state index contributed by atoms with van der Waals surface area (Å²) in [6.07, 6.45) is 2.56. The van der Waals surface area contributed by atoms with E-state index < -0.39 is 6.04 Å². The van der Waals surface area contributed by atoms with Crippen LogP contribution in [0.15, 0.2) is 79.0 Å². The van der Waals surface area contributed by atoms with Crippen LogP contribution in [0.1, 0.15) is 36.1 Å². The maximum Gasteiger partial charge on any atom is 0.247 e. The van der Waals surface area contributed by atoms with E-state index in [2.05, 4.69) is 15.6 Å². The largest absolute Gasteiger partial charge is 0.399 e. The molecule has 0 aliphatic rings. The average molecular weight is 470 g/mol. The molecule has 0 bridgehead atoms. The topological polar surface area (TPSA) is 126 Å². The van der Waals surface area contributed by atoms with Gasteiger partial charge in [-0.3, -0.25) is 4.79 Å². The molecule has 3 aromatic carbocycles. The van der Waals surface area contributed by atoms with Gasteiger partial charge in [0.25, 0.3) is 0 Å². The highest BCUT2D eigenvalue weighted by molar-refractivity contribution is 5.94. The molecule has 35 heavy (non-hydrogen) atoms. The molecule has 1 aromatic heterocycles. The number of anilines is 3. The number of nitrogen functional groups attached to an aromatic ring is 2. The zero-order valence-electron chi connectivity index (χ0n) is 19.7. The number of carbonyl (C=O) groups is 1. The molecular weight excluding hydrogens is 438 g/mol. The van der Waals surface area contributed by atoms with Crippen LogP contribution in [0.3, 0.4) is 0 Å². The molecule has 0 saturated carbocycles. The predicted octanol–water partition coefficient (Wildman–Crippen LogP) is 4.18. The predicted molar refractivity (Wildman–Crippen MR) is 142 cm³/mol. The summed E-state index contributed by atoms with van der Waals surface area (Å²) < 4.78 is 0. The highest BCUT2D eigenvalue weighted by Crippen LogP contribution is 2.26. The number of aromatic nitrogens is 1. The van der Waals surface area contributed by atoms with Gasteiger partial charge in [0, 0.05) is 29.5 Å². The summed E-state index contributed by atoms with van der Waals surface area (Å²) in [5, 5.41) is 18.2. The SMILES string of the molecule is CCC(O)Cc1ccc(C(Nc2ccc3c(N)nccc3c2)C(=O)NCc2cccc(N)c2)cc1. The molecule has 2 unspecified atom stereocenters. The molecule has 0 fully saturated rings. The lowest BCUT2D eigenvalue weighted by Crippen LogP contribution is -2.33. The van der Waals surface area contributed by atoms with Crippen molar-refractivity contribution in [3.05, 3.63) is 95.7 Å². The van der Waals surface area contributed by atoms with Crippen molar-refractivity contribution in [2.45, 2.75) is 38.5 Å². The zero-order chi connectivity index (χ0) is 24.8. The lowest BCUT2D eigenvalue weighted by Gasteiger charge is -2.21. The van der Waals surface area contributed by atoms with Gasteiger partial charge in [0.2, 0.25) is 5.91 Å². The fraction of sp³-hybridized carbons (Fsp3) is 0.214. The van der Waals surface area contributed by atoms with Crippen LogP contribution in [-0.2, 0) is 17.8 Å². The Kier molecular flexibility index (Phi) is 7.48. The number of hydrogen-bond donors (Lipinski definition) is 5. The fourth-order valence-corrected chi connectivity index (χ4v) is 4.01. The number of nitrogens with one attached hydrogen (secondary N) is 2. The van der Waals surface area contributed by atoms with Gasteiger partial charge in [-0.15, -0.1) is 0 Å². The van der Waals surface area contributed by atoms with Gasteiger partial charge >= 0.3 is 0 Å². The number of nitrogens with two attached hydrogens (primary N) is 2. The van der Waals surface area contributed by atoms with Crippen LogP contribution in [0.25, 0.3) is 10.8 Å². The van der Waals surface area contributed by atoms with E-state index in [-0.39, 0.29) is 12.0 Å². The van der Waals surface area contributed by atoms with Crippen LogP contribution in [0.4, 0.5) is 17.2 Å². The molecule has 0 radical (unpaired) electrons. The quantitative estimate of drug-likeness (QED) is 0.234. The Morgan fingerprint density at radius 2 is 1.80 bits per heavy atom. The molecule has 7 N–H and O–H groups in total. The molecule has 0 saturated heterocycles. The molecule has 0 aliphatic carbocycles. The molecule has 4 aromatic rings. The van der Waals surface area contributed by atoms with Crippen molar-refractivity contribution in [2.24, 2.45) is 0 Å². The summed E-state index contributed by atoms with van der Waals surface area (Å²) in [4.78, 5) is 17.5. The van der Waals surface area contributed by atoms with Crippen molar-refractivity contribution in [1.82, 2.24) is 10.3 Å². The molecular formula is C28H31N5O2. The summed E-state index contributed by atoms with van der Waals surface area (Å²) in [6.45, 7) is 2.32. The van der Waals surface area contributed by atoms with Crippen molar-refractivity contribution in [1.29, 1.82) is 0 Å². The van der Waals surface area contributed by atoms with Gasteiger partial charge in [-0.1, -0.05) is 43.3 Å². The van der Waals surface area contributed by atoms with Crippen LogP contribution >= 0.6 is 0 Å². The van der Waals surface area contributed by atoms with E-state index in [4.69, 9.17) is 11.5 Å². The minimum absolute atomic E-state index is 0.164. The number of hydrogen-bond acceptors (Lipinski definition) is 6. The molecule has 0 spiro atoms. The Bertz CT molecular complexity index is 1310. The van der Waals surface area contributed by atoms with E-state index in [1.807, 2.05) is 79.7 Å². The summed E-state index contributed by atoms with van der Waals surface area (Å²) in [5.41, 5.74) is 16.1. The number of pyridine rings is 1. The van der Waals surface area contributed by atoms with Gasteiger partial charge in [-0.25, -0.2) is 4.98 Å². The first-order chi connectivity index (χ1) is 16.9. The second kappa shape index (κ2) is 10.9. The molecule has 1 amide bonds. The van der Waals surface area contributed by atoms with E-state index in [9.17, 15) is 9.90 Å². The number of benzene rings is 3. The number of amides is 1. The van der Waals surface area contributed by atoms with Gasteiger partial charge in [-0.05, 0) is 71.3 Å². The smallest absolute Gasteiger partial charge is 0.247 e. The highest BCUT2D eigenvalue weighted by Gasteiger charge is 2.21. The molecule has 2 atom stereocenters. The van der Waals surface area contributed by atoms with E-state index in [0.29, 0.717) is 30.9 Å². The minimum Gasteiger partial charge on any atom is -0.399 e. The number of carbonyl (C=O) groups excluding carboxylic acids is 1. The summed E-state index contributed by atoms with van der Waals surface area (Å²) in [7, 11) is 0. The van der Waals surface area contributed by atoms with Crippen molar-refractivity contribution >= 4 is 33.9 Å². The number of fused-ring (bicyclic) bond motifs is 1. The normalized spacial score (nSPS) is 12.7. The van der Waals surface area contributed by atoms with Crippen LogP contribution < -0.4 is 22.1 Å². The summed E-state index contributed by atoms with van der Waals surface area (Å²) in [5.74, 6) is 0.304. The average Bonchev–Trinajstić information content (AvgIpc) is 2.86. The Morgan fingerprint density at radius 1 is 1.00 bits per heavy atom. The Labute approximate surface area is 205 Å². The highest BCUT2D eigenvalue weighted by atomic mass is 16.3. The third kappa shape index (κ3) is 6.07. The molecule has 180 valence electrons. The lowest BCUT2D eigenvalue weighted by atomic mass is 10.00. The van der Waals surface area contributed by atoms with Crippen LogP contribution in [0.2, 0.25) is 0 Å². The molecule has 1 heterocycles. The maximum atomic E-state index is 13.4. The number of nitrogens with zero attached hydrogens (tertiary/aromatic N) is 1. The van der Waals surface area contributed by atoms with E-state index in [1.165, 1.54) is 0 Å². The van der Waals surface area contributed by atoms with Crippen LogP contribution in [0, 0.1) is 0 Å². The summed E-state index contributed by atoms with van der Waals surface area (Å²) >= 11 is 0. The van der Waals surface area contributed by atoms with Gasteiger partial charge in [0.05, 0.1) is 6.10 Å². The first-order valence-electron chi connectivity index (χ1n) is 11.7. The van der Waals surface area contributed by atoms with E-state index >= 15 is 0 Å². The third-order valence-electron chi connectivity index (χ3n) is 6.04. The van der Waals surface area contributed by atoms with Gasteiger partial charge in [-0.2, -0.15) is 0 Å². The minimum atomic E-state index is -0.627. The second-order valence-corrected chi connectivity index (χ2v) is 8.68. The van der Waals surface area contributed by atoms with Gasteiger partial charge in [0.1, 0.15) is 11.9 Å². The fourth-order valence-electron chi connectivity index (χ4n) is 4.01. The maximum absolute atomic E-state index is 13.4. The second-order valence-electron chi connectivity index (χ2n) is 8.68. The monoisotopic (exact) mass is 469 g/mol. The third-order valence-corrected chi connectivity index (χ3v) is 6.04. The Hall–Kier alpha value is -4.10. The molecule has 4 rings (SSSR count). The lowest BCUT2D eigenvalue weighted by molar-refractivity contribution is -0.122. The number of aliphatic hydroxyl groups is 1. The Balaban J connectivity index is 1.59. The number of rotatable bonds is 9. The molecule has 7 nitrogen and oxygen atoms in total. The van der Waals surface area contributed by atoms with Crippen LogP contribution in [0.5, 0.6) is 0 Å². The van der Waals surface area contributed by atoms with Crippen molar-refractivity contribution in [2.75, 3.05) is 16.8 Å². The first-order valence-corrected chi connectivity index (χ1v) is 11.7. The van der Waals surface area contributed by atoms with Crippen LogP contribution in [-0.4, -0.2) is 22.1 Å². The first kappa shape index (κ1) is 24.0. The van der Waals surface area contributed by atoms with E-state index in [0.717, 1.165) is 33.2 Å². The standard InChI is InChI=1S/C28H31N5O2/c1-2-24(34)15-18-6-8-20(9-7-18)26(28(35)32-17-19-4-3-5-22(29)14-19)33-23-10-11-25-21(16-23)12-13-31-27(25)30/h3-14,16,24,26,33-34H,2,15,17,29H2,1H3,(H2,30,31)(H,32,35).